The molecule has 1 aliphatic heterocycles. The molecule has 0 spiro atoms. The first-order chi connectivity index (χ1) is 8.09. The summed E-state index contributed by atoms with van der Waals surface area (Å²) in [4.78, 5) is 14.6. The Morgan fingerprint density at radius 2 is 2.47 bits per heavy atom. The lowest BCUT2D eigenvalue weighted by atomic mass is 10.0. The standard InChI is InChI=1S/C12H16N2O3/c1-12(3-2-4-14-12)8-17-10-5-9(11(15)16)6-13-7-10/h5-7,14H,2-4,8H2,1H3,(H,15,16)/t12-/m0/s1. The molecule has 1 aromatic heterocycles. The molecule has 0 aliphatic carbocycles. The predicted octanol–water partition coefficient (Wildman–Crippen LogP) is 1.30. The molecule has 0 unspecified atom stereocenters. The fourth-order valence-corrected chi connectivity index (χ4v) is 1.94. The lowest BCUT2D eigenvalue weighted by Crippen LogP contribution is -2.42. The van der Waals surface area contributed by atoms with E-state index in [2.05, 4.69) is 17.2 Å². The molecule has 1 aromatic rings. The van der Waals surface area contributed by atoms with E-state index in [4.69, 9.17) is 9.84 Å². The highest BCUT2D eigenvalue weighted by atomic mass is 16.5. The first-order valence-corrected chi connectivity index (χ1v) is 5.65. The van der Waals surface area contributed by atoms with Gasteiger partial charge in [0.2, 0.25) is 0 Å². The third-order valence-electron chi connectivity index (χ3n) is 2.97. The summed E-state index contributed by atoms with van der Waals surface area (Å²) in [7, 11) is 0. The molecule has 92 valence electrons. The minimum Gasteiger partial charge on any atom is -0.490 e. The van der Waals surface area contributed by atoms with Crippen LogP contribution in [0, 0.1) is 0 Å². The Morgan fingerprint density at radius 1 is 1.65 bits per heavy atom. The van der Waals surface area contributed by atoms with E-state index in [1.165, 1.54) is 18.5 Å². The second-order valence-electron chi connectivity index (χ2n) is 4.59. The van der Waals surface area contributed by atoms with E-state index >= 15 is 0 Å². The summed E-state index contributed by atoms with van der Waals surface area (Å²) >= 11 is 0. The van der Waals surface area contributed by atoms with Gasteiger partial charge in [-0.15, -0.1) is 0 Å². The van der Waals surface area contributed by atoms with E-state index in [9.17, 15) is 4.79 Å². The third kappa shape index (κ3) is 2.94. The molecule has 0 saturated carbocycles. The van der Waals surface area contributed by atoms with Crippen molar-refractivity contribution in [3.05, 3.63) is 24.0 Å². The zero-order valence-corrected chi connectivity index (χ0v) is 9.77. The fraction of sp³-hybridized carbons (Fsp3) is 0.500. The van der Waals surface area contributed by atoms with Crippen LogP contribution < -0.4 is 10.1 Å². The van der Waals surface area contributed by atoms with Gasteiger partial charge in [-0.25, -0.2) is 4.79 Å². The number of pyridine rings is 1. The Bertz CT molecular complexity index is 414. The van der Waals surface area contributed by atoms with Crippen molar-refractivity contribution in [1.82, 2.24) is 10.3 Å². The number of hydrogen-bond donors (Lipinski definition) is 2. The maximum absolute atomic E-state index is 10.8. The van der Waals surface area contributed by atoms with Crippen LogP contribution in [0.2, 0.25) is 0 Å². The van der Waals surface area contributed by atoms with Gasteiger partial charge in [-0.05, 0) is 32.4 Å². The highest BCUT2D eigenvalue weighted by Crippen LogP contribution is 2.20. The SMILES string of the molecule is C[C@@]1(COc2cncc(C(=O)O)c2)CCCN1. The molecule has 0 amide bonds. The molecule has 5 nitrogen and oxygen atoms in total. The number of nitrogens with one attached hydrogen (secondary N) is 1. The molecule has 2 N–H and O–H groups in total. The number of aromatic carboxylic acids is 1. The Morgan fingerprint density at radius 3 is 3.12 bits per heavy atom. The van der Waals surface area contributed by atoms with Gasteiger partial charge in [0.15, 0.2) is 0 Å². The van der Waals surface area contributed by atoms with Crippen LogP contribution in [0.3, 0.4) is 0 Å². The van der Waals surface area contributed by atoms with Gasteiger partial charge in [-0.1, -0.05) is 0 Å². The van der Waals surface area contributed by atoms with Crippen LogP contribution in [-0.4, -0.2) is 34.8 Å². The van der Waals surface area contributed by atoms with E-state index in [1.54, 1.807) is 0 Å². The summed E-state index contributed by atoms with van der Waals surface area (Å²) in [5.41, 5.74) is 0.131. The zero-order valence-electron chi connectivity index (χ0n) is 9.77. The molecular formula is C12H16N2O3. The molecule has 0 radical (unpaired) electrons. The average molecular weight is 236 g/mol. The monoisotopic (exact) mass is 236 g/mol. The summed E-state index contributed by atoms with van der Waals surface area (Å²) in [5.74, 6) is -0.493. The van der Waals surface area contributed by atoms with Crippen LogP contribution in [0.25, 0.3) is 0 Å². The van der Waals surface area contributed by atoms with Crippen LogP contribution in [0.15, 0.2) is 18.5 Å². The van der Waals surface area contributed by atoms with Gasteiger partial charge >= 0.3 is 5.97 Å². The Hall–Kier alpha value is -1.62. The normalized spacial score (nSPS) is 23.6. The number of nitrogens with zero attached hydrogens (tertiary/aromatic N) is 1. The van der Waals surface area contributed by atoms with Crippen molar-refractivity contribution < 1.29 is 14.6 Å². The molecule has 5 heteroatoms. The summed E-state index contributed by atoms with van der Waals surface area (Å²) < 4.78 is 5.60. The largest absolute Gasteiger partial charge is 0.490 e. The van der Waals surface area contributed by atoms with E-state index in [-0.39, 0.29) is 11.1 Å². The smallest absolute Gasteiger partial charge is 0.337 e. The van der Waals surface area contributed by atoms with Gasteiger partial charge in [0.05, 0.1) is 11.8 Å². The van der Waals surface area contributed by atoms with Crippen LogP contribution in [0.1, 0.15) is 30.1 Å². The lowest BCUT2D eigenvalue weighted by Gasteiger charge is -2.24. The fourth-order valence-electron chi connectivity index (χ4n) is 1.94. The predicted molar refractivity (Wildman–Crippen MR) is 62.3 cm³/mol. The summed E-state index contributed by atoms with van der Waals surface area (Å²) in [6.07, 6.45) is 5.06. The Labute approximate surface area is 99.8 Å². The third-order valence-corrected chi connectivity index (χ3v) is 2.97. The lowest BCUT2D eigenvalue weighted by molar-refractivity contribution is 0.0695. The van der Waals surface area contributed by atoms with Crippen LogP contribution in [0.4, 0.5) is 0 Å². The van der Waals surface area contributed by atoms with Gasteiger partial charge in [-0.2, -0.15) is 0 Å². The summed E-state index contributed by atoms with van der Waals surface area (Å²) in [5, 5.41) is 12.2. The molecule has 1 saturated heterocycles. The van der Waals surface area contributed by atoms with Gasteiger partial charge in [0.1, 0.15) is 12.4 Å². The van der Waals surface area contributed by atoms with Crippen molar-refractivity contribution in [1.29, 1.82) is 0 Å². The molecule has 2 heterocycles. The average Bonchev–Trinajstić information content (AvgIpc) is 2.75. The van der Waals surface area contributed by atoms with Gasteiger partial charge in [0.25, 0.3) is 0 Å². The minimum absolute atomic E-state index is 0.0147. The van der Waals surface area contributed by atoms with Gasteiger partial charge in [0, 0.05) is 11.7 Å². The van der Waals surface area contributed by atoms with Crippen molar-refractivity contribution in [3.63, 3.8) is 0 Å². The first-order valence-electron chi connectivity index (χ1n) is 5.65. The number of carboxylic acids is 1. The second-order valence-corrected chi connectivity index (χ2v) is 4.59. The molecule has 2 rings (SSSR count). The number of aromatic nitrogens is 1. The van der Waals surface area contributed by atoms with Crippen LogP contribution >= 0.6 is 0 Å². The minimum atomic E-state index is -0.992. The van der Waals surface area contributed by atoms with Crippen LogP contribution in [-0.2, 0) is 0 Å². The number of ether oxygens (including phenoxy) is 1. The molecule has 0 aromatic carbocycles. The van der Waals surface area contributed by atoms with Gasteiger partial charge in [-0.3, -0.25) is 4.98 Å². The number of carboxylic acid groups (broad SMARTS) is 1. The van der Waals surface area contributed by atoms with Crippen LogP contribution in [0.5, 0.6) is 5.75 Å². The zero-order chi connectivity index (χ0) is 12.3. The number of rotatable bonds is 4. The maximum Gasteiger partial charge on any atom is 0.337 e. The molecule has 0 bridgehead atoms. The quantitative estimate of drug-likeness (QED) is 0.824. The number of carbonyl (C=O) groups is 1. The van der Waals surface area contributed by atoms with Crippen molar-refractivity contribution in [2.24, 2.45) is 0 Å². The van der Waals surface area contributed by atoms with E-state index in [0.29, 0.717) is 12.4 Å². The Kier molecular flexibility index (Phi) is 3.28. The maximum atomic E-state index is 10.8. The number of hydrogen-bond acceptors (Lipinski definition) is 4. The first kappa shape index (κ1) is 11.9. The molecular weight excluding hydrogens is 220 g/mol. The summed E-state index contributed by atoms with van der Waals surface area (Å²) in [6.45, 7) is 3.64. The molecule has 1 fully saturated rings. The van der Waals surface area contributed by atoms with E-state index in [0.717, 1.165) is 19.4 Å². The second kappa shape index (κ2) is 4.71. The molecule has 1 atom stereocenters. The highest BCUT2D eigenvalue weighted by molar-refractivity contribution is 5.87. The van der Waals surface area contributed by atoms with Crippen molar-refractivity contribution in [3.8, 4) is 5.75 Å². The van der Waals surface area contributed by atoms with E-state index in [1.807, 2.05) is 0 Å². The molecule has 1 aliphatic rings. The molecule has 17 heavy (non-hydrogen) atoms. The highest BCUT2D eigenvalue weighted by Gasteiger charge is 2.28. The van der Waals surface area contributed by atoms with Crippen molar-refractivity contribution >= 4 is 5.97 Å². The van der Waals surface area contributed by atoms with Gasteiger partial charge < -0.3 is 15.2 Å². The summed E-state index contributed by atoms with van der Waals surface area (Å²) in [6, 6.07) is 1.49. The Balaban J connectivity index is 1.99. The van der Waals surface area contributed by atoms with Crippen molar-refractivity contribution in [2.75, 3.05) is 13.2 Å². The van der Waals surface area contributed by atoms with Crippen molar-refractivity contribution in [2.45, 2.75) is 25.3 Å². The van der Waals surface area contributed by atoms with E-state index < -0.39 is 5.97 Å². The topological polar surface area (TPSA) is 71.5 Å².